The molecule has 1 heterocycles. The van der Waals surface area contributed by atoms with E-state index in [4.69, 9.17) is 9.84 Å². The number of carbonyl (C=O) groups is 2. The number of aliphatic carboxylic acids is 1. The van der Waals surface area contributed by atoms with Gasteiger partial charge in [0.25, 0.3) is 0 Å². The zero-order valence-corrected chi connectivity index (χ0v) is 12.4. The lowest BCUT2D eigenvalue weighted by Gasteiger charge is -2.27. The van der Waals surface area contributed by atoms with Crippen LogP contribution in [0.15, 0.2) is 0 Å². The normalized spacial score (nSPS) is 16.8. The zero-order valence-electron chi connectivity index (χ0n) is 12.4. The number of amides is 2. The van der Waals surface area contributed by atoms with Crippen LogP contribution >= 0.6 is 0 Å². The number of hydrogen-bond acceptors (Lipinski definition) is 4. The summed E-state index contributed by atoms with van der Waals surface area (Å²) < 4.78 is 5.24. The first-order valence-electron chi connectivity index (χ1n) is 7.06. The van der Waals surface area contributed by atoms with Gasteiger partial charge in [0.15, 0.2) is 0 Å². The Morgan fingerprint density at radius 3 is 2.65 bits per heavy atom. The van der Waals surface area contributed by atoms with Crippen LogP contribution in [0.4, 0.5) is 4.79 Å². The molecule has 0 aromatic carbocycles. The number of carboxylic acid groups (broad SMARTS) is 1. The molecule has 7 nitrogen and oxygen atoms in total. The summed E-state index contributed by atoms with van der Waals surface area (Å²) in [6.07, 6.45) is 0.804. The van der Waals surface area contributed by atoms with Crippen molar-refractivity contribution < 1.29 is 19.4 Å². The molecule has 0 aliphatic carbocycles. The molecule has 1 saturated heterocycles. The maximum absolute atomic E-state index is 12.2. The van der Waals surface area contributed by atoms with E-state index in [-0.39, 0.29) is 12.6 Å². The fraction of sp³-hybridized carbons (Fsp3) is 0.846. The highest BCUT2D eigenvalue weighted by atomic mass is 16.5. The predicted octanol–water partition coefficient (Wildman–Crippen LogP) is 0.167. The first kappa shape index (κ1) is 16.7. The molecule has 20 heavy (non-hydrogen) atoms. The molecular weight excluding hydrogens is 262 g/mol. The molecule has 0 unspecified atom stereocenters. The molecule has 116 valence electrons. The van der Waals surface area contributed by atoms with Crippen LogP contribution in [0.25, 0.3) is 0 Å². The lowest BCUT2D eigenvalue weighted by molar-refractivity contribution is -0.138. The summed E-state index contributed by atoms with van der Waals surface area (Å²) in [6, 6.07) is -0.0121. The molecule has 1 fully saturated rings. The number of ether oxygens (including phenoxy) is 1. The Morgan fingerprint density at radius 1 is 1.25 bits per heavy atom. The highest BCUT2D eigenvalue weighted by molar-refractivity contribution is 5.74. The van der Waals surface area contributed by atoms with Gasteiger partial charge >= 0.3 is 12.0 Å². The number of likely N-dealkylation sites (N-methyl/N-ethyl adjacent to an activating group) is 1. The van der Waals surface area contributed by atoms with E-state index in [2.05, 4.69) is 0 Å². The van der Waals surface area contributed by atoms with Crippen molar-refractivity contribution in [2.75, 3.05) is 59.5 Å². The molecule has 1 aliphatic rings. The Bertz CT molecular complexity index is 325. The van der Waals surface area contributed by atoms with Crippen molar-refractivity contribution in [2.24, 2.45) is 0 Å². The van der Waals surface area contributed by atoms with Crippen molar-refractivity contribution in [3.8, 4) is 0 Å². The second kappa shape index (κ2) is 8.76. The number of carboxylic acids is 1. The summed E-state index contributed by atoms with van der Waals surface area (Å²) in [7, 11) is 1.77. The van der Waals surface area contributed by atoms with Gasteiger partial charge in [-0.15, -0.1) is 0 Å². The molecular formula is C13H25N3O4. The van der Waals surface area contributed by atoms with Crippen LogP contribution in [-0.2, 0) is 9.53 Å². The quantitative estimate of drug-likeness (QED) is 0.705. The molecule has 0 radical (unpaired) electrons. The third kappa shape index (κ3) is 5.75. The topological polar surface area (TPSA) is 73.3 Å². The van der Waals surface area contributed by atoms with Crippen LogP contribution in [0.2, 0.25) is 0 Å². The SMILES string of the molecule is CCOCCN(C)C(=O)N1CCCN(CC(=O)O)CC1. The van der Waals surface area contributed by atoms with E-state index in [1.54, 1.807) is 16.8 Å². The average Bonchev–Trinajstić information content (AvgIpc) is 2.63. The van der Waals surface area contributed by atoms with Gasteiger partial charge in [0.2, 0.25) is 0 Å². The lowest BCUT2D eigenvalue weighted by Crippen LogP contribution is -2.44. The van der Waals surface area contributed by atoms with Crippen LogP contribution in [0.1, 0.15) is 13.3 Å². The Labute approximate surface area is 120 Å². The van der Waals surface area contributed by atoms with Gasteiger partial charge in [-0.05, 0) is 13.3 Å². The van der Waals surface area contributed by atoms with Crippen LogP contribution < -0.4 is 0 Å². The first-order valence-corrected chi connectivity index (χ1v) is 7.06. The molecule has 0 aromatic heterocycles. The van der Waals surface area contributed by atoms with Gasteiger partial charge < -0.3 is 19.6 Å². The Hall–Kier alpha value is -1.34. The molecule has 7 heteroatoms. The summed E-state index contributed by atoms with van der Waals surface area (Å²) >= 11 is 0. The van der Waals surface area contributed by atoms with Gasteiger partial charge in [0.1, 0.15) is 0 Å². The van der Waals surface area contributed by atoms with Crippen LogP contribution in [0, 0.1) is 0 Å². The van der Waals surface area contributed by atoms with Crippen molar-refractivity contribution in [1.29, 1.82) is 0 Å². The van der Waals surface area contributed by atoms with Crippen LogP contribution in [0.3, 0.4) is 0 Å². The second-order valence-electron chi connectivity index (χ2n) is 4.91. The number of hydrogen-bond donors (Lipinski definition) is 1. The van der Waals surface area contributed by atoms with E-state index >= 15 is 0 Å². The predicted molar refractivity (Wildman–Crippen MR) is 74.8 cm³/mol. The second-order valence-corrected chi connectivity index (χ2v) is 4.91. The highest BCUT2D eigenvalue weighted by Crippen LogP contribution is 2.05. The molecule has 1 rings (SSSR count). The zero-order chi connectivity index (χ0) is 15.0. The first-order chi connectivity index (χ1) is 9.54. The number of rotatable bonds is 6. The van der Waals surface area contributed by atoms with Gasteiger partial charge in [0, 0.05) is 46.4 Å². The smallest absolute Gasteiger partial charge is 0.319 e. The van der Waals surface area contributed by atoms with Crippen molar-refractivity contribution in [3.05, 3.63) is 0 Å². The number of urea groups is 1. The summed E-state index contributed by atoms with van der Waals surface area (Å²) in [4.78, 5) is 28.3. The maximum atomic E-state index is 12.2. The van der Waals surface area contributed by atoms with E-state index in [1.165, 1.54) is 0 Å². The summed E-state index contributed by atoms with van der Waals surface area (Å²) in [5.41, 5.74) is 0. The van der Waals surface area contributed by atoms with Crippen molar-refractivity contribution in [2.45, 2.75) is 13.3 Å². The van der Waals surface area contributed by atoms with E-state index < -0.39 is 5.97 Å². The van der Waals surface area contributed by atoms with E-state index in [1.807, 2.05) is 11.8 Å². The summed E-state index contributed by atoms with van der Waals surface area (Å²) in [5, 5.41) is 8.80. The Kier molecular flexibility index (Phi) is 7.32. The highest BCUT2D eigenvalue weighted by Gasteiger charge is 2.22. The summed E-state index contributed by atoms with van der Waals surface area (Å²) in [5.74, 6) is -0.821. The molecule has 0 spiro atoms. The molecule has 0 bridgehead atoms. The third-order valence-electron chi connectivity index (χ3n) is 3.32. The lowest BCUT2D eigenvalue weighted by atomic mass is 10.4. The van der Waals surface area contributed by atoms with Gasteiger partial charge in [-0.2, -0.15) is 0 Å². The summed E-state index contributed by atoms with van der Waals surface area (Å²) in [6.45, 7) is 6.31. The molecule has 2 amide bonds. The van der Waals surface area contributed by atoms with Gasteiger partial charge in [-0.3, -0.25) is 9.69 Å². The minimum atomic E-state index is -0.821. The Morgan fingerprint density at radius 2 is 2.00 bits per heavy atom. The fourth-order valence-electron chi connectivity index (χ4n) is 2.19. The average molecular weight is 287 g/mol. The third-order valence-corrected chi connectivity index (χ3v) is 3.32. The largest absolute Gasteiger partial charge is 0.480 e. The number of nitrogens with zero attached hydrogens (tertiary/aromatic N) is 3. The van der Waals surface area contributed by atoms with Gasteiger partial charge in [-0.1, -0.05) is 0 Å². The molecule has 0 aromatic rings. The Balaban J connectivity index is 2.39. The monoisotopic (exact) mass is 287 g/mol. The van der Waals surface area contributed by atoms with Crippen LogP contribution in [0.5, 0.6) is 0 Å². The standard InChI is InChI=1S/C13H25N3O4/c1-3-20-10-9-14(2)13(19)16-6-4-5-15(7-8-16)11-12(17)18/h3-11H2,1-2H3,(H,17,18). The van der Waals surface area contributed by atoms with Crippen molar-refractivity contribution >= 4 is 12.0 Å². The minimum Gasteiger partial charge on any atom is -0.480 e. The van der Waals surface area contributed by atoms with Gasteiger partial charge in [0.05, 0.1) is 13.2 Å². The minimum absolute atomic E-state index is 0.0121. The molecule has 0 saturated carbocycles. The van der Waals surface area contributed by atoms with Gasteiger partial charge in [-0.25, -0.2) is 4.79 Å². The van der Waals surface area contributed by atoms with Crippen molar-refractivity contribution in [3.63, 3.8) is 0 Å². The molecule has 1 aliphatic heterocycles. The molecule has 0 atom stereocenters. The van der Waals surface area contributed by atoms with E-state index in [0.29, 0.717) is 39.4 Å². The molecule has 1 N–H and O–H groups in total. The number of carbonyl (C=O) groups excluding carboxylic acids is 1. The van der Waals surface area contributed by atoms with E-state index in [0.717, 1.165) is 13.0 Å². The van der Waals surface area contributed by atoms with E-state index in [9.17, 15) is 9.59 Å². The fourth-order valence-corrected chi connectivity index (χ4v) is 2.19. The maximum Gasteiger partial charge on any atom is 0.319 e. The van der Waals surface area contributed by atoms with Crippen molar-refractivity contribution in [1.82, 2.24) is 14.7 Å². The van der Waals surface area contributed by atoms with Crippen LogP contribution in [-0.4, -0.2) is 91.3 Å².